The number of imide groups is 1. The van der Waals surface area contributed by atoms with E-state index in [2.05, 4.69) is 4.98 Å². The Bertz CT molecular complexity index is 1370. The van der Waals surface area contributed by atoms with E-state index >= 15 is 0 Å². The van der Waals surface area contributed by atoms with Gasteiger partial charge in [-0.15, -0.1) is 0 Å². The van der Waals surface area contributed by atoms with Crippen molar-refractivity contribution >= 4 is 46.6 Å². The summed E-state index contributed by atoms with van der Waals surface area (Å²) in [4.78, 5) is 55.1. The molecule has 11 heteroatoms. The van der Waals surface area contributed by atoms with Gasteiger partial charge in [-0.2, -0.15) is 0 Å². The van der Waals surface area contributed by atoms with E-state index < -0.39 is 40.7 Å². The van der Waals surface area contributed by atoms with E-state index in [9.17, 15) is 23.6 Å². The summed E-state index contributed by atoms with van der Waals surface area (Å²) in [6.45, 7) is 1.66. The van der Waals surface area contributed by atoms with Gasteiger partial charge >= 0.3 is 10.8 Å². The van der Waals surface area contributed by atoms with Crippen LogP contribution in [0.15, 0.2) is 58.4 Å². The summed E-state index contributed by atoms with van der Waals surface area (Å²) in [6.07, 6.45) is 0. The van der Waals surface area contributed by atoms with Crippen molar-refractivity contribution in [3.63, 3.8) is 0 Å². The highest BCUT2D eigenvalue weighted by atomic mass is 32.2. The summed E-state index contributed by atoms with van der Waals surface area (Å²) in [5.74, 6) is -2.81. The van der Waals surface area contributed by atoms with Gasteiger partial charge in [-0.05, 0) is 48.9 Å². The molecule has 3 unspecified atom stereocenters. The molecule has 180 valence electrons. The van der Waals surface area contributed by atoms with Crippen LogP contribution in [0.3, 0.4) is 0 Å². The predicted molar refractivity (Wildman–Crippen MR) is 127 cm³/mol. The van der Waals surface area contributed by atoms with Gasteiger partial charge in [0.15, 0.2) is 6.61 Å². The molecule has 1 aromatic heterocycles. The van der Waals surface area contributed by atoms with Crippen molar-refractivity contribution in [2.24, 2.45) is 5.92 Å². The summed E-state index contributed by atoms with van der Waals surface area (Å²) in [5.41, 5.74) is 0.957. The van der Waals surface area contributed by atoms with Crippen molar-refractivity contribution in [3.8, 4) is 5.75 Å². The molecule has 3 heterocycles. The second-order valence-electron chi connectivity index (χ2n) is 7.90. The second kappa shape index (κ2) is 9.31. The number of rotatable bonds is 6. The normalized spacial score (nSPS) is 21.0. The van der Waals surface area contributed by atoms with Crippen molar-refractivity contribution in [2.75, 3.05) is 18.1 Å². The minimum atomic E-state index is -0.781. The lowest BCUT2D eigenvalue weighted by molar-refractivity contribution is -0.145. The van der Waals surface area contributed by atoms with E-state index in [1.54, 1.807) is 31.2 Å². The molecule has 0 saturated carbocycles. The molecule has 1 N–H and O–H groups in total. The maximum absolute atomic E-state index is 13.6. The van der Waals surface area contributed by atoms with Crippen LogP contribution in [-0.2, 0) is 19.1 Å². The highest BCUT2D eigenvalue weighted by Crippen LogP contribution is 2.53. The third-order valence-corrected chi connectivity index (χ3v) is 8.19. The zero-order valence-electron chi connectivity index (χ0n) is 18.4. The number of fused-ring (bicyclic) bond motifs is 2. The number of carbonyl (C=O) groups is 3. The molecule has 3 atom stereocenters. The monoisotopic (exact) mass is 514 g/mol. The number of esters is 1. The smallest absolute Gasteiger partial charge is 0.344 e. The number of ether oxygens (including phenoxy) is 2. The van der Waals surface area contributed by atoms with Crippen LogP contribution in [-0.4, -0.2) is 41.2 Å². The number of benzene rings is 2. The van der Waals surface area contributed by atoms with E-state index in [4.69, 9.17) is 9.47 Å². The van der Waals surface area contributed by atoms with Gasteiger partial charge in [0, 0.05) is 10.8 Å². The van der Waals surface area contributed by atoms with Crippen LogP contribution in [0.4, 0.5) is 10.1 Å². The van der Waals surface area contributed by atoms with E-state index in [-0.39, 0.29) is 18.1 Å². The number of anilines is 1. The summed E-state index contributed by atoms with van der Waals surface area (Å²) >= 11 is 2.16. The fraction of sp³-hybridized carbons (Fsp3) is 0.250. The number of aromatic nitrogens is 1. The van der Waals surface area contributed by atoms with Gasteiger partial charge in [-0.3, -0.25) is 14.4 Å². The van der Waals surface area contributed by atoms with Gasteiger partial charge in [0.25, 0.3) is 0 Å². The average Bonchev–Trinajstić information content (AvgIpc) is 3.33. The first kappa shape index (κ1) is 23.3. The Kier molecular flexibility index (Phi) is 6.20. The van der Waals surface area contributed by atoms with Gasteiger partial charge in [0.05, 0.1) is 23.2 Å². The second-order valence-corrected chi connectivity index (χ2v) is 10.1. The molecule has 0 aliphatic carbocycles. The predicted octanol–water partition coefficient (Wildman–Crippen LogP) is 3.31. The maximum atomic E-state index is 13.6. The van der Waals surface area contributed by atoms with Crippen molar-refractivity contribution in [1.29, 1.82) is 0 Å². The molecule has 2 aliphatic heterocycles. The molecule has 1 fully saturated rings. The Labute approximate surface area is 207 Å². The first-order chi connectivity index (χ1) is 16.9. The van der Waals surface area contributed by atoms with Gasteiger partial charge in [-0.1, -0.05) is 35.2 Å². The zero-order chi connectivity index (χ0) is 24.7. The van der Waals surface area contributed by atoms with Gasteiger partial charge in [0.2, 0.25) is 11.8 Å². The molecule has 8 nitrogen and oxygen atoms in total. The molecule has 0 bridgehead atoms. The van der Waals surface area contributed by atoms with Crippen LogP contribution >= 0.6 is 23.1 Å². The zero-order valence-corrected chi connectivity index (χ0v) is 20.0. The van der Waals surface area contributed by atoms with Crippen molar-refractivity contribution in [3.05, 3.63) is 74.5 Å². The average molecular weight is 515 g/mol. The summed E-state index contributed by atoms with van der Waals surface area (Å²) in [5, 5.41) is -0.217. The SMILES string of the molecule is CCOC(=O)COc1cccc(C2c3sc(=O)[nH]c3SC3C(=O)N(c4ccc(F)cc4)C(=O)C32)c1. The molecule has 2 aliphatic rings. The molecule has 35 heavy (non-hydrogen) atoms. The van der Waals surface area contributed by atoms with Crippen LogP contribution in [0.5, 0.6) is 5.75 Å². The number of hydrogen-bond donors (Lipinski definition) is 1. The number of nitrogens with one attached hydrogen (secondary N) is 1. The van der Waals surface area contributed by atoms with Crippen LogP contribution < -0.4 is 14.5 Å². The Morgan fingerprint density at radius 2 is 1.89 bits per heavy atom. The fourth-order valence-corrected chi connectivity index (χ4v) is 6.88. The number of hydrogen-bond acceptors (Lipinski definition) is 8. The Hall–Kier alpha value is -3.44. The van der Waals surface area contributed by atoms with Crippen LogP contribution in [0.2, 0.25) is 0 Å². The molecule has 3 aromatic rings. The minimum absolute atomic E-state index is 0.237. The molecule has 0 spiro atoms. The van der Waals surface area contributed by atoms with Crippen LogP contribution in [0, 0.1) is 11.7 Å². The molecule has 5 rings (SSSR count). The Morgan fingerprint density at radius 3 is 2.63 bits per heavy atom. The highest BCUT2D eigenvalue weighted by Gasteiger charge is 2.56. The number of nitrogens with zero attached hydrogens (tertiary/aromatic N) is 1. The lowest BCUT2D eigenvalue weighted by Crippen LogP contribution is -2.32. The van der Waals surface area contributed by atoms with Crippen molar-refractivity contribution < 1.29 is 28.2 Å². The first-order valence-corrected chi connectivity index (χ1v) is 12.5. The third-order valence-electron chi connectivity index (χ3n) is 5.79. The molecule has 2 aromatic carbocycles. The van der Waals surface area contributed by atoms with E-state index in [1.807, 2.05) is 0 Å². The molecule has 2 amide bonds. The largest absolute Gasteiger partial charge is 0.482 e. The summed E-state index contributed by atoms with van der Waals surface area (Å²) < 4.78 is 23.9. The quantitative estimate of drug-likeness (QED) is 0.397. The van der Waals surface area contributed by atoms with Crippen molar-refractivity contribution in [1.82, 2.24) is 4.98 Å². The molecular formula is C24H19FN2O6S2. The lowest BCUT2D eigenvalue weighted by Gasteiger charge is -2.30. The Morgan fingerprint density at radius 1 is 1.11 bits per heavy atom. The molecular weight excluding hydrogens is 495 g/mol. The summed E-state index contributed by atoms with van der Waals surface area (Å²) in [7, 11) is 0. The van der Waals surface area contributed by atoms with E-state index in [0.29, 0.717) is 26.9 Å². The molecule has 0 radical (unpaired) electrons. The topological polar surface area (TPSA) is 106 Å². The van der Waals surface area contributed by atoms with Gasteiger partial charge in [0.1, 0.15) is 16.8 Å². The van der Waals surface area contributed by atoms with Crippen molar-refractivity contribution in [2.45, 2.75) is 23.1 Å². The first-order valence-electron chi connectivity index (χ1n) is 10.8. The number of aromatic amines is 1. The summed E-state index contributed by atoms with van der Waals surface area (Å²) in [6, 6.07) is 12.1. The Balaban J connectivity index is 1.53. The maximum Gasteiger partial charge on any atom is 0.344 e. The molecule has 1 saturated heterocycles. The van der Waals surface area contributed by atoms with Gasteiger partial charge in [-0.25, -0.2) is 14.1 Å². The van der Waals surface area contributed by atoms with E-state index in [0.717, 1.165) is 28.0 Å². The fourth-order valence-electron chi connectivity index (χ4n) is 4.36. The van der Waals surface area contributed by atoms with Gasteiger partial charge < -0.3 is 14.5 Å². The number of halogens is 1. The number of H-pyrrole nitrogens is 1. The van der Waals surface area contributed by atoms with Crippen LogP contribution in [0.1, 0.15) is 23.3 Å². The van der Waals surface area contributed by atoms with Crippen LogP contribution in [0.25, 0.3) is 0 Å². The number of thioether (sulfide) groups is 1. The standard InChI is InChI=1S/C24H19FN2O6S2/c1-2-32-16(28)11-33-15-5-3-4-12(10-15)17-18-20(34-21-19(17)35-24(31)26-21)23(30)27(22(18)29)14-8-6-13(25)7-9-14/h3-10,17-18,20H,2,11H2,1H3,(H,26,31). The number of thiazole rings is 1. The third kappa shape index (κ3) is 4.25. The minimum Gasteiger partial charge on any atom is -0.482 e. The number of amides is 2. The number of carbonyl (C=O) groups excluding carboxylic acids is 3. The lowest BCUT2D eigenvalue weighted by atomic mass is 9.83. The van der Waals surface area contributed by atoms with E-state index in [1.165, 1.54) is 24.3 Å². The highest BCUT2D eigenvalue weighted by molar-refractivity contribution is 8.00.